The summed E-state index contributed by atoms with van der Waals surface area (Å²) in [6.45, 7) is 9.76. The van der Waals surface area contributed by atoms with Crippen LogP contribution in [0.2, 0.25) is 0 Å². The Morgan fingerprint density at radius 3 is 2.24 bits per heavy atom. The van der Waals surface area contributed by atoms with E-state index in [9.17, 15) is 9.59 Å². The van der Waals surface area contributed by atoms with Gasteiger partial charge in [-0.3, -0.25) is 4.79 Å². The number of hydrogen-bond donors (Lipinski definition) is 2. The fraction of sp³-hybridized carbons (Fsp3) is 0.867. The second-order valence-electron chi connectivity index (χ2n) is 5.30. The highest BCUT2D eigenvalue weighted by atomic mass is 16.7. The maximum atomic E-state index is 11.4. The molecule has 0 saturated heterocycles. The summed E-state index contributed by atoms with van der Waals surface area (Å²) >= 11 is 0. The average molecular weight is 302 g/mol. The molecule has 0 bridgehead atoms. The standard InChI is InChI=1S/C15H30N2O4/c1-5-9-16-10-7-6-8-11-17-15(19)21-13(4)20-14(18)12(2)3/h12-13,16H,5-11H2,1-4H3,(H,17,19)/t13-/m1/s1. The van der Waals surface area contributed by atoms with Crippen molar-refractivity contribution in [2.45, 2.75) is 59.7 Å². The van der Waals surface area contributed by atoms with Gasteiger partial charge in [0.25, 0.3) is 0 Å². The topological polar surface area (TPSA) is 76.7 Å². The van der Waals surface area contributed by atoms with Crippen LogP contribution in [-0.2, 0) is 14.3 Å². The van der Waals surface area contributed by atoms with E-state index in [-0.39, 0.29) is 11.9 Å². The molecule has 1 amide bonds. The van der Waals surface area contributed by atoms with Gasteiger partial charge in [-0.1, -0.05) is 27.2 Å². The molecular formula is C15H30N2O4. The minimum absolute atomic E-state index is 0.236. The van der Waals surface area contributed by atoms with Crippen molar-refractivity contribution in [1.82, 2.24) is 10.6 Å². The average Bonchev–Trinajstić information content (AvgIpc) is 2.41. The summed E-state index contributed by atoms with van der Waals surface area (Å²) in [5.41, 5.74) is 0. The van der Waals surface area contributed by atoms with Gasteiger partial charge in [0.2, 0.25) is 6.29 Å². The van der Waals surface area contributed by atoms with Crippen LogP contribution < -0.4 is 10.6 Å². The second kappa shape index (κ2) is 12.4. The fourth-order valence-corrected chi connectivity index (χ4v) is 1.56. The molecule has 0 saturated carbocycles. The number of amides is 1. The summed E-state index contributed by atoms with van der Waals surface area (Å²) in [6, 6.07) is 0. The summed E-state index contributed by atoms with van der Waals surface area (Å²) in [6.07, 6.45) is 2.78. The lowest BCUT2D eigenvalue weighted by atomic mass is 10.2. The number of alkyl carbamates (subject to hydrolysis) is 1. The molecule has 0 aromatic carbocycles. The molecule has 0 aromatic rings. The summed E-state index contributed by atoms with van der Waals surface area (Å²) in [5, 5.41) is 5.97. The lowest BCUT2D eigenvalue weighted by Gasteiger charge is -2.15. The SMILES string of the molecule is CCCNCCCCCNC(=O)O[C@H](C)OC(=O)C(C)C. The minimum Gasteiger partial charge on any atom is -0.425 e. The van der Waals surface area contributed by atoms with Gasteiger partial charge in [-0.05, 0) is 32.4 Å². The first kappa shape index (κ1) is 19.7. The Kier molecular flexibility index (Phi) is 11.7. The number of unbranched alkanes of at least 4 members (excludes halogenated alkanes) is 2. The van der Waals surface area contributed by atoms with Gasteiger partial charge in [0.15, 0.2) is 0 Å². The molecule has 0 rings (SSSR count). The third-order valence-corrected chi connectivity index (χ3v) is 2.75. The van der Waals surface area contributed by atoms with E-state index >= 15 is 0 Å². The number of esters is 1. The van der Waals surface area contributed by atoms with Crippen LogP contribution in [0.1, 0.15) is 53.4 Å². The molecular weight excluding hydrogens is 272 g/mol. The third-order valence-electron chi connectivity index (χ3n) is 2.75. The largest absolute Gasteiger partial charge is 0.425 e. The monoisotopic (exact) mass is 302 g/mol. The smallest absolute Gasteiger partial charge is 0.410 e. The Morgan fingerprint density at radius 1 is 0.952 bits per heavy atom. The van der Waals surface area contributed by atoms with Crippen LogP contribution in [0.15, 0.2) is 0 Å². The van der Waals surface area contributed by atoms with E-state index in [0.717, 1.165) is 38.8 Å². The zero-order valence-corrected chi connectivity index (χ0v) is 13.7. The molecule has 0 unspecified atom stereocenters. The van der Waals surface area contributed by atoms with Gasteiger partial charge in [-0.25, -0.2) is 4.79 Å². The van der Waals surface area contributed by atoms with E-state index in [4.69, 9.17) is 9.47 Å². The molecule has 21 heavy (non-hydrogen) atoms. The van der Waals surface area contributed by atoms with Crippen molar-refractivity contribution in [3.63, 3.8) is 0 Å². The summed E-state index contributed by atoms with van der Waals surface area (Å²) in [4.78, 5) is 22.7. The van der Waals surface area contributed by atoms with Crippen LogP contribution in [-0.4, -0.2) is 38.0 Å². The van der Waals surface area contributed by atoms with Crippen molar-refractivity contribution >= 4 is 12.1 Å². The van der Waals surface area contributed by atoms with E-state index in [1.165, 1.54) is 6.92 Å². The predicted octanol–water partition coefficient (Wildman–Crippen LogP) is 2.43. The van der Waals surface area contributed by atoms with E-state index in [1.54, 1.807) is 13.8 Å². The summed E-state index contributed by atoms with van der Waals surface area (Å²) < 4.78 is 9.86. The first-order valence-corrected chi connectivity index (χ1v) is 7.83. The second-order valence-corrected chi connectivity index (χ2v) is 5.30. The van der Waals surface area contributed by atoms with Gasteiger partial charge in [0, 0.05) is 13.5 Å². The molecule has 0 radical (unpaired) electrons. The van der Waals surface area contributed by atoms with Crippen LogP contribution in [0.4, 0.5) is 4.79 Å². The number of ether oxygens (including phenoxy) is 2. The molecule has 1 atom stereocenters. The Labute approximate surface area is 127 Å². The Balaban J connectivity index is 3.51. The number of rotatable bonds is 11. The predicted molar refractivity (Wildman–Crippen MR) is 81.9 cm³/mol. The Morgan fingerprint density at radius 2 is 1.62 bits per heavy atom. The van der Waals surface area contributed by atoms with Gasteiger partial charge < -0.3 is 20.1 Å². The van der Waals surface area contributed by atoms with Gasteiger partial charge >= 0.3 is 12.1 Å². The lowest BCUT2D eigenvalue weighted by Crippen LogP contribution is -2.31. The molecule has 0 aliphatic rings. The van der Waals surface area contributed by atoms with Crippen molar-refractivity contribution in [3.05, 3.63) is 0 Å². The van der Waals surface area contributed by atoms with Crippen LogP contribution in [0.5, 0.6) is 0 Å². The normalized spacial score (nSPS) is 12.0. The van der Waals surface area contributed by atoms with Crippen LogP contribution in [0.25, 0.3) is 0 Å². The fourth-order valence-electron chi connectivity index (χ4n) is 1.56. The zero-order chi connectivity index (χ0) is 16.1. The quantitative estimate of drug-likeness (QED) is 0.348. The van der Waals surface area contributed by atoms with E-state index in [0.29, 0.717) is 6.54 Å². The number of hydrogen-bond acceptors (Lipinski definition) is 5. The molecule has 124 valence electrons. The van der Waals surface area contributed by atoms with Gasteiger partial charge in [-0.2, -0.15) is 0 Å². The molecule has 0 heterocycles. The highest BCUT2D eigenvalue weighted by Gasteiger charge is 2.15. The maximum absolute atomic E-state index is 11.4. The molecule has 0 aliphatic heterocycles. The molecule has 6 heteroatoms. The Hall–Kier alpha value is -1.30. The van der Waals surface area contributed by atoms with Gasteiger partial charge in [-0.15, -0.1) is 0 Å². The van der Waals surface area contributed by atoms with Crippen LogP contribution in [0, 0.1) is 5.92 Å². The molecule has 0 fully saturated rings. The highest BCUT2D eigenvalue weighted by Crippen LogP contribution is 2.02. The number of carbonyl (C=O) groups is 2. The molecule has 0 spiro atoms. The Bertz CT molecular complexity index is 295. The minimum atomic E-state index is -0.863. The zero-order valence-electron chi connectivity index (χ0n) is 13.7. The molecule has 0 aromatic heterocycles. The summed E-state index contributed by atoms with van der Waals surface area (Å²) in [7, 11) is 0. The van der Waals surface area contributed by atoms with Gasteiger partial charge in [0.1, 0.15) is 0 Å². The van der Waals surface area contributed by atoms with Crippen LogP contribution >= 0.6 is 0 Å². The van der Waals surface area contributed by atoms with E-state index < -0.39 is 12.4 Å². The third kappa shape index (κ3) is 12.2. The molecule has 0 aliphatic carbocycles. The first-order valence-electron chi connectivity index (χ1n) is 7.83. The first-order chi connectivity index (χ1) is 9.97. The maximum Gasteiger partial charge on any atom is 0.410 e. The highest BCUT2D eigenvalue weighted by molar-refractivity contribution is 5.72. The number of carbonyl (C=O) groups excluding carboxylic acids is 2. The van der Waals surface area contributed by atoms with Gasteiger partial charge in [0.05, 0.1) is 5.92 Å². The lowest BCUT2D eigenvalue weighted by molar-refractivity contribution is -0.168. The van der Waals surface area contributed by atoms with Crippen molar-refractivity contribution < 1.29 is 19.1 Å². The van der Waals surface area contributed by atoms with Crippen molar-refractivity contribution in [2.75, 3.05) is 19.6 Å². The van der Waals surface area contributed by atoms with Crippen molar-refractivity contribution in [3.8, 4) is 0 Å². The van der Waals surface area contributed by atoms with Crippen LogP contribution in [0.3, 0.4) is 0 Å². The molecule has 6 nitrogen and oxygen atoms in total. The van der Waals surface area contributed by atoms with Crippen molar-refractivity contribution in [2.24, 2.45) is 5.92 Å². The summed E-state index contributed by atoms with van der Waals surface area (Å²) in [5.74, 6) is -0.615. The van der Waals surface area contributed by atoms with E-state index in [2.05, 4.69) is 17.6 Å². The number of nitrogens with one attached hydrogen (secondary N) is 2. The van der Waals surface area contributed by atoms with E-state index in [1.807, 2.05) is 0 Å². The molecule has 2 N–H and O–H groups in total. The van der Waals surface area contributed by atoms with Crippen molar-refractivity contribution in [1.29, 1.82) is 0 Å².